The predicted octanol–water partition coefficient (Wildman–Crippen LogP) is 2.44. The van der Waals surface area contributed by atoms with Crippen molar-refractivity contribution in [3.63, 3.8) is 0 Å². The average Bonchev–Trinajstić information content (AvgIpc) is 2.17. The van der Waals surface area contributed by atoms with Crippen LogP contribution >= 0.6 is 0 Å². The van der Waals surface area contributed by atoms with Crippen LogP contribution in [0.1, 0.15) is 17.3 Å². The minimum atomic E-state index is 0.0887. The van der Waals surface area contributed by atoms with Crippen LogP contribution in [0.3, 0.4) is 0 Å². The predicted molar refractivity (Wildman–Crippen MR) is 51.7 cm³/mol. The number of hydrogen-bond acceptors (Lipinski definition) is 2. The summed E-state index contributed by atoms with van der Waals surface area (Å²) in [6.45, 7) is 1.57. The molecule has 0 aliphatic heterocycles. The second-order valence-corrected chi connectivity index (χ2v) is 2.97. The van der Waals surface area contributed by atoms with Gasteiger partial charge in [-0.2, -0.15) is 0 Å². The molecule has 1 aromatic heterocycles. The third-order valence-electron chi connectivity index (χ3n) is 2.01. The molecular weight excluding hydrogens is 162 g/mol. The van der Waals surface area contributed by atoms with Gasteiger partial charge in [0.25, 0.3) is 0 Å². The van der Waals surface area contributed by atoms with Crippen molar-refractivity contribution in [2.75, 3.05) is 0 Å². The Morgan fingerprint density at radius 3 is 2.92 bits per heavy atom. The van der Waals surface area contributed by atoms with Crippen LogP contribution in [0.25, 0.3) is 10.9 Å². The normalized spacial score (nSPS) is 10.2. The van der Waals surface area contributed by atoms with E-state index in [1.165, 1.54) is 0 Å². The van der Waals surface area contributed by atoms with E-state index in [-0.39, 0.29) is 5.78 Å². The first-order chi connectivity index (χ1) is 6.27. The minimum Gasteiger partial charge on any atom is -0.295 e. The quantitative estimate of drug-likeness (QED) is 0.617. The first kappa shape index (κ1) is 7.92. The number of rotatable bonds is 1. The summed E-state index contributed by atoms with van der Waals surface area (Å²) in [7, 11) is 0. The molecule has 0 N–H and O–H groups in total. The van der Waals surface area contributed by atoms with Crippen LogP contribution in [-0.2, 0) is 0 Å². The zero-order valence-electron chi connectivity index (χ0n) is 7.32. The summed E-state index contributed by atoms with van der Waals surface area (Å²) in [4.78, 5) is 15.2. The molecule has 0 unspecified atom stereocenters. The number of carbonyl (C=O) groups is 1. The molecule has 13 heavy (non-hydrogen) atoms. The molecule has 0 fully saturated rings. The van der Waals surface area contributed by atoms with Crippen LogP contribution in [0.2, 0.25) is 0 Å². The fraction of sp³-hybridized carbons (Fsp3) is 0.0909. The van der Waals surface area contributed by atoms with Crippen molar-refractivity contribution in [2.24, 2.45) is 0 Å². The Hall–Kier alpha value is -1.70. The number of carbonyl (C=O) groups excluding carboxylic acids is 1. The van der Waals surface area contributed by atoms with E-state index in [4.69, 9.17) is 0 Å². The van der Waals surface area contributed by atoms with Crippen LogP contribution in [-0.4, -0.2) is 10.8 Å². The zero-order valence-corrected chi connectivity index (χ0v) is 7.32. The highest BCUT2D eigenvalue weighted by molar-refractivity contribution is 5.97. The molecule has 0 radical (unpaired) electrons. The molecular formula is C11H9NO. The molecule has 0 saturated heterocycles. The van der Waals surface area contributed by atoms with Crippen LogP contribution in [0.4, 0.5) is 0 Å². The van der Waals surface area contributed by atoms with Gasteiger partial charge < -0.3 is 0 Å². The second-order valence-electron chi connectivity index (χ2n) is 2.97. The van der Waals surface area contributed by atoms with Gasteiger partial charge in [0.1, 0.15) is 0 Å². The van der Waals surface area contributed by atoms with Crippen LogP contribution in [0.5, 0.6) is 0 Å². The van der Waals surface area contributed by atoms with Crippen molar-refractivity contribution in [3.8, 4) is 0 Å². The summed E-state index contributed by atoms with van der Waals surface area (Å²) >= 11 is 0. The topological polar surface area (TPSA) is 30.0 Å². The van der Waals surface area contributed by atoms with Gasteiger partial charge in [-0.15, -0.1) is 0 Å². The lowest BCUT2D eigenvalue weighted by Crippen LogP contribution is -1.91. The van der Waals surface area contributed by atoms with E-state index in [2.05, 4.69) is 4.98 Å². The van der Waals surface area contributed by atoms with Crippen molar-refractivity contribution in [2.45, 2.75) is 6.92 Å². The Morgan fingerprint density at radius 2 is 2.15 bits per heavy atom. The number of nitrogens with zero attached hydrogens (tertiary/aromatic N) is 1. The standard InChI is InChI=1S/C11H9NO/c1-8(13)9-4-5-11-10(7-9)3-2-6-12-11/h2-7H,1H3. The van der Waals surface area contributed by atoms with E-state index in [0.29, 0.717) is 0 Å². The Morgan fingerprint density at radius 1 is 1.31 bits per heavy atom. The van der Waals surface area contributed by atoms with Gasteiger partial charge in [-0.05, 0) is 31.2 Å². The summed E-state index contributed by atoms with van der Waals surface area (Å²) in [5, 5.41) is 1.01. The molecule has 0 saturated carbocycles. The van der Waals surface area contributed by atoms with E-state index in [1.54, 1.807) is 19.2 Å². The molecule has 1 aromatic carbocycles. The van der Waals surface area contributed by atoms with Crippen molar-refractivity contribution < 1.29 is 4.79 Å². The van der Waals surface area contributed by atoms with E-state index >= 15 is 0 Å². The summed E-state index contributed by atoms with van der Waals surface area (Å²) in [5.41, 5.74) is 1.66. The molecule has 0 aliphatic carbocycles. The minimum absolute atomic E-state index is 0.0887. The maximum Gasteiger partial charge on any atom is 0.159 e. The van der Waals surface area contributed by atoms with Gasteiger partial charge in [0, 0.05) is 17.1 Å². The number of Topliss-reactive ketones (excluding diaryl/α,β-unsaturated/α-hetero) is 1. The van der Waals surface area contributed by atoms with Crippen LogP contribution in [0, 0.1) is 0 Å². The molecule has 0 spiro atoms. The highest BCUT2D eigenvalue weighted by Crippen LogP contribution is 2.13. The van der Waals surface area contributed by atoms with Gasteiger partial charge in [-0.1, -0.05) is 6.07 Å². The number of pyridine rings is 1. The lowest BCUT2D eigenvalue weighted by Gasteiger charge is -1.98. The van der Waals surface area contributed by atoms with E-state index in [0.717, 1.165) is 16.5 Å². The number of ketones is 1. The molecule has 64 valence electrons. The van der Waals surface area contributed by atoms with E-state index in [1.807, 2.05) is 24.3 Å². The SMILES string of the molecule is CC(=O)c1ccc2ncccc2c1. The third kappa shape index (κ3) is 1.43. The van der Waals surface area contributed by atoms with Crippen LogP contribution < -0.4 is 0 Å². The Kier molecular flexibility index (Phi) is 1.81. The molecule has 2 aromatic rings. The Balaban J connectivity index is 2.69. The lowest BCUT2D eigenvalue weighted by molar-refractivity contribution is 0.101. The molecule has 0 atom stereocenters. The van der Waals surface area contributed by atoms with Gasteiger partial charge in [0.05, 0.1) is 5.52 Å². The van der Waals surface area contributed by atoms with Crippen molar-refractivity contribution in [1.29, 1.82) is 0 Å². The first-order valence-electron chi connectivity index (χ1n) is 4.13. The van der Waals surface area contributed by atoms with Crippen molar-refractivity contribution in [1.82, 2.24) is 4.98 Å². The summed E-state index contributed by atoms with van der Waals surface area (Å²) in [6.07, 6.45) is 1.75. The van der Waals surface area contributed by atoms with Gasteiger partial charge >= 0.3 is 0 Å². The molecule has 0 aliphatic rings. The highest BCUT2D eigenvalue weighted by atomic mass is 16.1. The Labute approximate surface area is 76.2 Å². The van der Waals surface area contributed by atoms with Crippen molar-refractivity contribution in [3.05, 3.63) is 42.1 Å². The molecule has 0 bridgehead atoms. The van der Waals surface area contributed by atoms with Gasteiger partial charge in [-0.3, -0.25) is 9.78 Å². The fourth-order valence-corrected chi connectivity index (χ4v) is 1.29. The fourth-order valence-electron chi connectivity index (χ4n) is 1.29. The molecule has 2 heteroatoms. The maximum absolute atomic E-state index is 11.1. The van der Waals surface area contributed by atoms with Gasteiger partial charge in [0.2, 0.25) is 0 Å². The van der Waals surface area contributed by atoms with Gasteiger partial charge in [-0.25, -0.2) is 0 Å². The maximum atomic E-state index is 11.1. The summed E-state index contributed by atoms with van der Waals surface area (Å²) < 4.78 is 0. The highest BCUT2D eigenvalue weighted by Gasteiger charge is 1.99. The third-order valence-corrected chi connectivity index (χ3v) is 2.01. The number of hydrogen-bond donors (Lipinski definition) is 0. The first-order valence-corrected chi connectivity index (χ1v) is 4.13. The van der Waals surface area contributed by atoms with Crippen molar-refractivity contribution >= 4 is 16.7 Å². The summed E-state index contributed by atoms with van der Waals surface area (Å²) in [5.74, 6) is 0.0887. The zero-order chi connectivity index (χ0) is 9.26. The lowest BCUT2D eigenvalue weighted by atomic mass is 10.1. The summed E-state index contributed by atoms with van der Waals surface area (Å²) in [6, 6.07) is 9.36. The molecule has 0 amide bonds. The second kappa shape index (κ2) is 2.98. The number of benzene rings is 1. The molecule has 2 rings (SSSR count). The van der Waals surface area contributed by atoms with E-state index < -0.39 is 0 Å². The number of aromatic nitrogens is 1. The average molecular weight is 171 g/mol. The molecule has 1 heterocycles. The van der Waals surface area contributed by atoms with Gasteiger partial charge in [0.15, 0.2) is 5.78 Å². The van der Waals surface area contributed by atoms with Crippen LogP contribution in [0.15, 0.2) is 36.5 Å². The Bertz CT molecular complexity index is 462. The molecule has 2 nitrogen and oxygen atoms in total. The largest absolute Gasteiger partial charge is 0.295 e. The number of fused-ring (bicyclic) bond motifs is 1. The van der Waals surface area contributed by atoms with E-state index in [9.17, 15) is 4.79 Å². The smallest absolute Gasteiger partial charge is 0.159 e. The monoisotopic (exact) mass is 171 g/mol.